The van der Waals surface area contributed by atoms with Crippen LogP contribution in [0.4, 0.5) is 22.0 Å². The van der Waals surface area contributed by atoms with E-state index in [0.29, 0.717) is 32.2 Å². The molecule has 0 aliphatic carbocycles. The minimum atomic E-state index is -5.49. The number of thioether (sulfide) groups is 2. The number of hydrogen-bond acceptors (Lipinski definition) is 6. The van der Waals surface area contributed by atoms with E-state index in [9.17, 15) is 32.2 Å². The van der Waals surface area contributed by atoms with E-state index in [4.69, 9.17) is 9.47 Å². The van der Waals surface area contributed by atoms with Gasteiger partial charge in [0.2, 0.25) is 0 Å². The Bertz CT molecular complexity index is 989. The summed E-state index contributed by atoms with van der Waals surface area (Å²) in [5.41, 5.74) is 2.38. The molecule has 3 rings (SSSR count). The molecule has 1 heterocycles. The summed E-state index contributed by atoms with van der Waals surface area (Å²) in [6, 6.07) is 12.9. The van der Waals surface area contributed by atoms with Gasteiger partial charge in [-0.2, -0.15) is 33.7 Å². The van der Waals surface area contributed by atoms with Crippen molar-refractivity contribution >= 4 is 23.5 Å². The van der Waals surface area contributed by atoms with Crippen LogP contribution in [0.2, 0.25) is 0 Å². The second-order valence-corrected chi connectivity index (χ2v) is 11.4. The summed E-state index contributed by atoms with van der Waals surface area (Å²) >= 11 is 3.02. The number of phenols is 2. The van der Waals surface area contributed by atoms with Crippen LogP contribution in [-0.4, -0.2) is 66.0 Å². The zero-order chi connectivity index (χ0) is 29.6. The van der Waals surface area contributed by atoms with Gasteiger partial charge in [0.1, 0.15) is 11.5 Å². The highest BCUT2D eigenvalue weighted by atomic mass is 32.2. The minimum Gasteiger partial charge on any atom is -0.508 e. The molecule has 0 aromatic heterocycles. The van der Waals surface area contributed by atoms with Gasteiger partial charge in [-0.25, -0.2) is 0 Å². The van der Waals surface area contributed by atoms with Crippen LogP contribution in [0.3, 0.4) is 0 Å². The molecule has 2 aromatic rings. The molecule has 4 nitrogen and oxygen atoms in total. The molecule has 0 saturated carbocycles. The summed E-state index contributed by atoms with van der Waals surface area (Å²) < 4.78 is 73.2. The molecule has 0 radical (unpaired) electrons. The van der Waals surface area contributed by atoms with Crippen LogP contribution in [0.5, 0.6) is 11.5 Å². The second-order valence-electron chi connectivity index (χ2n) is 9.12. The number of alkyl halides is 5. The van der Waals surface area contributed by atoms with Crippen LogP contribution in [0.15, 0.2) is 47.4 Å². The number of ether oxygens (including phenoxy) is 2. The number of fused-ring (bicyclic) bond motifs is 1. The third-order valence-corrected chi connectivity index (χ3v) is 8.59. The Labute approximate surface area is 242 Å². The molecule has 11 heteroatoms. The Kier molecular flexibility index (Phi) is 14.9. The molecular formula is C29H39F5O4S2. The first-order valence-corrected chi connectivity index (χ1v) is 15.6. The van der Waals surface area contributed by atoms with E-state index in [0.717, 1.165) is 23.5 Å². The normalized spacial score (nSPS) is 17.2. The molecule has 0 bridgehead atoms. The number of halogens is 5. The van der Waals surface area contributed by atoms with Crippen LogP contribution in [0.1, 0.15) is 62.5 Å². The summed E-state index contributed by atoms with van der Waals surface area (Å²) in [6.45, 7) is 5.73. The van der Waals surface area contributed by atoms with Gasteiger partial charge < -0.3 is 19.7 Å². The van der Waals surface area contributed by atoms with Crippen LogP contribution in [-0.2, 0) is 9.47 Å². The SMILES string of the molecule is CC.Oc1ccc(C2CSc3cc(O)ccc3C2CCCOCCOCCSCCCC(F)(F)C(F)(F)F)cc1. The van der Waals surface area contributed by atoms with Gasteiger partial charge in [-0.05, 0) is 66.3 Å². The van der Waals surface area contributed by atoms with E-state index in [2.05, 4.69) is 0 Å². The quantitative estimate of drug-likeness (QED) is 0.156. The average Bonchev–Trinajstić information content (AvgIpc) is 2.92. The first kappa shape index (κ1) is 34.5. The second kappa shape index (κ2) is 17.3. The van der Waals surface area contributed by atoms with E-state index >= 15 is 0 Å². The van der Waals surface area contributed by atoms with E-state index in [1.165, 1.54) is 22.9 Å². The minimum absolute atomic E-state index is 0.209. The van der Waals surface area contributed by atoms with Gasteiger partial charge in [0.05, 0.1) is 19.8 Å². The average molecular weight is 611 g/mol. The molecule has 2 N–H and O–H groups in total. The lowest BCUT2D eigenvalue weighted by Crippen LogP contribution is -2.36. The molecule has 0 fully saturated rings. The standard InChI is InChI=1S/C27H33F5O4S2.C2H6/c28-26(29,27(30,31)32)10-2-15-37-16-14-36-13-12-35-11-1-3-22-23-9-8-21(34)17-25(23)38-18-24(22)19-4-6-20(33)7-5-19;1-2/h4-9,17,22,24,33-34H,1-3,10-16,18H2;1-2H3. The van der Waals surface area contributed by atoms with Crippen molar-refractivity contribution in [2.24, 2.45) is 0 Å². The molecule has 2 unspecified atom stereocenters. The van der Waals surface area contributed by atoms with Crippen molar-refractivity contribution in [3.8, 4) is 11.5 Å². The van der Waals surface area contributed by atoms with Crippen molar-refractivity contribution in [1.82, 2.24) is 0 Å². The molecule has 0 amide bonds. The largest absolute Gasteiger partial charge is 0.508 e. The number of aromatic hydroxyl groups is 2. The summed E-state index contributed by atoms with van der Waals surface area (Å²) in [5, 5.41) is 19.6. The zero-order valence-corrected chi connectivity index (χ0v) is 24.5. The van der Waals surface area contributed by atoms with Gasteiger partial charge >= 0.3 is 12.1 Å². The highest BCUT2D eigenvalue weighted by molar-refractivity contribution is 7.99. The van der Waals surface area contributed by atoms with Crippen molar-refractivity contribution < 1.29 is 41.6 Å². The number of benzene rings is 2. The van der Waals surface area contributed by atoms with Crippen molar-refractivity contribution in [2.45, 2.75) is 68.4 Å². The monoisotopic (exact) mass is 610 g/mol. The molecule has 0 spiro atoms. The van der Waals surface area contributed by atoms with Crippen molar-refractivity contribution in [3.05, 3.63) is 53.6 Å². The fraction of sp³-hybridized carbons (Fsp3) is 0.586. The highest BCUT2D eigenvalue weighted by Crippen LogP contribution is 2.48. The lowest BCUT2D eigenvalue weighted by atomic mass is 9.79. The van der Waals surface area contributed by atoms with Gasteiger partial charge in [-0.3, -0.25) is 0 Å². The fourth-order valence-corrected chi connectivity index (χ4v) is 6.52. The molecule has 1 aliphatic rings. The highest BCUT2D eigenvalue weighted by Gasteiger charge is 2.56. The summed E-state index contributed by atoms with van der Waals surface area (Å²) in [7, 11) is 0. The van der Waals surface area contributed by atoms with Gasteiger partial charge in [-0.1, -0.05) is 32.0 Å². The maximum Gasteiger partial charge on any atom is 0.453 e. The Morgan fingerprint density at radius 3 is 2.17 bits per heavy atom. The van der Waals surface area contributed by atoms with Gasteiger partial charge in [0, 0.05) is 35.3 Å². The predicted octanol–water partition coefficient (Wildman–Crippen LogP) is 8.62. The Morgan fingerprint density at radius 2 is 1.50 bits per heavy atom. The molecule has 2 aromatic carbocycles. The van der Waals surface area contributed by atoms with E-state index in [1.807, 2.05) is 38.1 Å². The topological polar surface area (TPSA) is 58.9 Å². The van der Waals surface area contributed by atoms with Crippen molar-refractivity contribution in [1.29, 1.82) is 0 Å². The van der Waals surface area contributed by atoms with E-state index in [1.54, 1.807) is 30.0 Å². The zero-order valence-electron chi connectivity index (χ0n) is 22.9. The Balaban J connectivity index is 0.00000274. The molecule has 1 aliphatic heterocycles. The number of hydrogen-bond donors (Lipinski definition) is 2. The van der Waals surface area contributed by atoms with Crippen LogP contribution in [0.25, 0.3) is 0 Å². The third kappa shape index (κ3) is 10.9. The lowest BCUT2D eigenvalue weighted by Gasteiger charge is -2.34. The van der Waals surface area contributed by atoms with Crippen LogP contribution in [0, 0.1) is 0 Å². The molecule has 226 valence electrons. The lowest BCUT2D eigenvalue weighted by molar-refractivity contribution is -0.284. The number of rotatable bonds is 15. The molecule has 40 heavy (non-hydrogen) atoms. The Morgan fingerprint density at radius 1 is 0.850 bits per heavy atom. The van der Waals surface area contributed by atoms with E-state index < -0.39 is 18.5 Å². The summed E-state index contributed by atoms with van der Waals surface area (Å²) in [6.07, 6.45) is -5.16. The van der Waals surface area contributed by atoms with E-state index in [-0.39, 0.29) is 35.5 Å². The maximum absolute atomic E-state index is 12.8. The summed E-state index contributed by atoms with van der Waals surface area (Å²) in [5.74, 6) is -1.99. The molecular weight excluding hydrogens is 571 g/mol. The van der Waals surface area contributed by atoms with Gasteiger partial charge in [0.15, 0.2) is 0 Å². The third-order valence-electron chi connectivity index (χ3n) is 6.36. The first-order chi connectivity index (χ1) is 19.1. The van der Waals surface area contributed by atoms with Gasteiger partial charge in [0.25, 0.3) is 0 Å². The number of phenolic OH excluding ortho intramolecular Hbond substituents is 2. The summed E-state index contributed by atoms with van der Waals surface area (Å²) in [4.78, 5) is 1.09. The molecule has 0 saturated heterocycles. The van der Waals surface area contributed by atoms with Crippen LogP contribution >= 0.6 is 23.5 Å². The Hall–Kier alpha value is -1.69. The smallest absolute Gasteiger partial charge is 0.453 e. The van der Waals surface area contributed by atoms with Gasteiger partial charge in [-0.15, -0.1) is 11.8 Å². The molecule has 2 atom stereocenters. The first-order valence-electron chi connectivity index (χ1n) is 13.5. The van der Waals surface area contributed by atoms with Crippen LogP contribution < -0.4 is 0 Å². The maximum atomic E-state index is 12.8. The van der Waals surface area contributed by atoms with Crippen molar-refractivity contribution in [2.75, 3.05) is 43.7 Å². The fourth-order valence-electron chi connectivity index (χ4n) is 4.36. The predicted molar refractivity (Wildman–Crippen MR) is 152 cm³/mol. The van der Waals surface area contributed by atoms with Crippen molar-refractivity contribution in [3.63, 3.8) is 0 Å².